The maximum absolute atomic E-state index is 14.0. The molecule has 7 nitrogen and oxygen atoms in total. The number of nitrogens with zero attached hydrogens (tertiary/aromatic N) is 3. The third-order valence-corrected chi connectivity index (χ3v) is 10.8. The van der Waals surface area contributed by atoms with Crippen molar-refractivity contribution < 1.29 is 9.59 Å². The lowest BCUT2D eigenvalue weighted by molar-refractivity contribution is -0.138. The molecule has 2 N–H and O–H groups in total. The SMILES string of the molecule is CCN(CC(C1CCCCC1)N1CCN(C(=O)C(Cc2ccc(Cl)cc2)NC(=O)CC2NCc3ccccc32)CC1)SC. The van der Waals surface area contributed by atoms with E-state index in [0.29, 0.717) is 37.0 Å². The zero-order chi connectivity index (χ0) is 30.2. The third kappa shape index (κ3) is 8.54. The standard InChI is InChI=1S/C34H48ClN5O2S/c1-3-40(43-2)24-32(26-9-5-4-6-10-26)38-17-19-39(20-18-38)34(42)31(21-25-13-15-28(35)16-14-25)37-33(41)22-30-29-12-8-7-11-27(29)23-36-30/h7-8,11-16,26,30-32,36H,3-6,9-10,17-24H2,1-2H3,(H,37,41). The normalized spacial score (nSPS) is 21.0. The molecule has 2 amide bonds. The number of likely N-dealkylation sites (N-methyl/N-ethyl adjacent to an activating group) is 1. The fourth-order valence-electron chi connectivity index (χ4n) is 7.17. The Balaban J connectivity index is 1.24. The van der Waals surface area contributed by atoms with Gasteiger partial charge in [-0.05, 0) is 53.8 Å². The predicted octanol–water partition coefficient (Wildman–Crippen LogP) is 5.29. The van der Waals surface area contributed by atoms with Gasteiger partial charge in [0.05, 0.1) is 0 Å². The molecule has 0 bridgehead atoms. The van der Waals surface area contributed by atoms with Gasteiger partial charge in [0, 0.05) is 75.8 Å². The van der Waals surface area contributed by atoms with E-state index in [0.717, 1.165) is 44.2 Å². The molecule has 0 radical (unpaired) electrons. The molecule has 0 aromatic heterocycles. The summed E-state index contributed by atoms with van der Waals surface area (Å²) < 4.78 is 2.48. The highest BCUT2D eigenvalue weighted by Crippen LogP contribution is 2.31. The molecule has 1 aliphatic carbocycles. The highest BCUT2D eigenvalue weighted by Gasteiger charge is 2.35. The number of amides is 2. The van der Waals surface area contributed by atoms with Crippen LogP contribution in [0.4, 0.5) is 0 Å². The number of carbonyl (C=O) groups excluding carboxylic acids is 2. The number of fused-ring (bicyclic) bond motifs is 1. The van der Waals surface area contributed by atoms with Crippen LogP contribution in [0.3, 0.4) is 0 Å². The van der Waals surface area contributed by atoms with Crippen LogP contribution in [0.5, 0.6) is 0 Å². The van der Waals surface area contributed by atoms with Gasteiger partial charge in [0.15, 0.2) is 0 Å². The van der Waals surface area contributed by atoms with Crippen LogP contribution >= 0.6 is 23.5 Å². The average molecular weight is 626 g/mol. The van der Waals surface area contributed by atoms with Crippen LogP contribution < -0.4 is 10.6 Å². The van der Waals surface area contributed by atoms with Crippen LogP contribution in [0.2, 0.25) is 5.02 Å². The van der Waals surface area contributed by atoms with E-state index in [1.54, 1.807) is 0 Å². The number of carbonyl (C=O) groups is 2. The van der Waals surface area contributed by atoms with Crippen LogP contribution in [0.15, 0.2) is 48.5 Å². The first-order valence-corrected chi connectivity index (χ1v) is 17.7. The quantitative estimate of drug-likeness (QED) is 0.312. The van der Waals surface area contributed by atoms with Crippen molar-refractivity contribution in [1.29, 1.82) is 0 Å². The Morgan fingerprint density at radius 2 is 1.77 bits per heavy atom. The van der Waals surface area contributed by atoms with Crippen LogP contribution in [-0.4, -0.2) is 83.5 Å². The third-order valence-electron chi connectivity index (χ3n) is 9.64. The summed E-state index contributed by atoms with van der Waals surface area (Å²) in [4.78, 5) is 32.0. The summed E-state index contributed by atoms with van der Waals surface area (Å²) in [5.74, 6) is 0.633. The van der Waals surface area contributed by atoms with Gasteiger partial charge in [-0.1, -0.05) is 86.1 Å². The van der Waals surface area contributed by atoms with E-state index in [1.165, 1.54) is 43.2 Å². The molecule has 2 heterocycles. The number of nitrogens with one attached hydrogen (secondary N) is 2. The van der Waals surface area contributed by atoms with Crippen LogP contribution in [0.25, 0.3) is 0 Å². The molecule has 3 aliphatic rings. The first-order chi connectivity index (χ1) is 20.9. The fourth-order valence-corrected chi connectivity index (χ4v) is 7.86. The van der Waals surface area contributed by atoms with Crippen LogP contribution in [0, 0.1) is 5.92 Å². The first kappa shape index (κ1) is 32.3. The molecule has 9 heteroatoms. The van der Waals surface area contributed by atoms with E-state index < -0.39 is 6.04 Å². The molecular weight excluding hydrogens is 578 g/mol. The Labute approximate surface area is 267 Å². The molecular formula is C34H48ClN5O2S. The van der Waals surface area contributed by atoms with Gasteiger partial charge >= 0.3 is 0 Å². The average Bonchev–Trinajstić information content (AvgIpc) is 3.45. The van der Waals surface area contributed by atoms with Gasteiger partial charge in [-0.25, -0.2) is 4.31 Å². The second-order valence-corrected chi connectivity index (χ2v) is 13.6. The predicted molar refractivity (Wildman–Crippen MR) is 177 cm³/mol. The Morgan fingerprint density at radius 3 is 2.47 bits per heavy atom. The van der Waals surface area contributed by atoms with E-state index >= 15 is 0 Å². The zero-order valence-electron chi connectivity index (χ0n) is 25.8. The molecule has 1 saturated heterocycles. The lowest BCUT2D eigenvalue weighted by atomic mass is 9.83. The summed E-state index contributed by atoms with van der Waals surface area (Å²) in [5, 5.41) is 7.25. The molecule has 3 atom stereocenters. The lowest BCUT2D eigenvalue weighted by Crippen LogP contribution is -2.59. The van der Waals surface area contributed by atoms with Gasteiger partial charge in [0.25, 0.3) is 0 Å². The minimum Gasteiger partial charge on any atom is -0.344 e. The molecule has 43 heavy (non-hydrogen) atoms. The van der Waals surface area contributed by atoms with E-state index in [4.69, 9.17) is 11.6 Å². The van der Waals surface area contributed by atoms with E-state index in [-0.39, 0.29) is 17.9 Å². The summed E-state index contributed by atoms with van der Waals surface area (Å²) in [5.41, 5.74) is 3.39. The smallest absolute Gasteiger partial charge is 0.245 e. The lowest BCUT2D eigenvalue weighted by Gasteiger charge is -2.45. The highest BCUT2D eigenvalue weighted by molar-refractivity contribution is 7.96. The van der Waals surface area contributed by atoms with Crippen molar-refractivity contribution >= 4 is 35.4 Å². The van der Waals surface area contributed by atoms with Crippen molar-refractivity contribution in [1.82, 2.24) is 24.7 Å². The fraction of sp³-hybridized carbons (Fsp3) is 0.588. The Hall–Kier alpha value is -2.10. The summed E-state index contributed by atoms with van der Waals surface area (Å²) in [6.45, 7) is 8.26. The molecule has 234 valence electrons. The number of halogens is 1. The van der Waals surface area contributed by atoms with Gasteiger partial charge in [-0.2, -0.15) is 0 Å². The van der Waals surface area contributed by atoms with Crippen molar-refractivity contribution in [2.45, 2.75) is 76.5 Å². The van der Waals surface area contributed by atoms with Gasteiger partial charge < -0.3 is 15.5 Å². The van der Waals surface area contributed by atoms with E-state index in [9.17, 15) is 9.59 Å². The van der Waals surface area contributed by atoms with Crippen molar-refractivity contribution in [3.05, 3.63) is 70.2 Å². The molecule has 1 saturated carbocycles. The number of piperazine rings is 1. The first-order valence-electron chi connectivity index (χ1n) is 16.1. The Kier molecular flexibility index (Phi) is 11.8. The summed E-state index contributed by atoms with van der Waals surface area (Å²) >= 11 is 7.98. The Bertz CT molecular complexity index is 1200. The topological polar surface area (TPSA) is 67.9 Å². The minimum absolute atomic E-state index is 0.0104. The summed E-state index contributed by atoms with van der Waals surface area (Å²) in [6.07, 6.45) is 9.57. The van der Waals surface area contributed by atoms with Gasteiger partial charge in [0.1, 0.15) is 6.04 Å². The molecule has 2 aliphatic heterocycles. The maximum Gasteiger partial charge on any atom is 0.245 e. The minimum atomic E-state index is -0.613. The van der Waals surface area contributed by atoms with Gasteiger partial charge in [-0.15, -0.1) is 0 Å². The summed E-state index contributed by atoms with van der Waals surface area (Å²) in [6, 6.07) is 15.7. The highest BCUT2D eigenvalue weighted by atomic mass is 35.5. The van der Waals surface area contributed by atoms with Crippen molar-refractivity contribution in [2.24, 2.45) is 5.92 Å². The van der Waals surface area contributed by atoms with E-state index in [1.807, 2.05) is 53.2 Å². The maximum atomic E-state index is 14.0. The Morgan fingerprint density at radius 1 is 1.05 bits per heavy atom. The van der Waals surface area contributed by atoms with Gasteiger partial charge in [0.2, 0.25) is 11.8 Å². The van der Waals surface area contributed by atoms with Crippen molar-refractivity contribution in [3.8, 4) is 0 Å². The van der Waals surface area contributed by atoms with Crippen LogP contribution in [0.1, 0.15) is 68.2 Å². The van der Waals surface area contributed by atoms with Gasteiger partial charge in [-0.3, -0.25) is 14.5 Å². The molecule has 2 fully saturated rings. The zero-order valence-corrected chi connectivity index (χ0v) is 27.3. The molecule has 2 aromatic rings. The second-order valence-electron chi connectivity index (χ2n) is 12.3. The molecule has 0 spiro atoms. The number of benzene rings is 2. The molecule has 3 unspecified atom stereocenters. The molecule has 2 aromatic carbocycles. The largest absolute Gasteiger partial charge is 0.344 e. The second kappa shape index (κ2) is 15.8. The number of hydrogen-bond acceptors (Lipinski definition) is 6. The van der Waals surface area contributed by atoms with Crippen molar-refractivity contribution in [3.63, 3.8) is 0 Å². The molecule has 5 rings (SSSR count). The monoisotopic (exact) mass is 625 g/mol. The number of rotatable bonds is 12. The summed E-state index contributed by atoms with van der Waals surface area (Å²) in [7, 11) is 0. The van der Waals surface area contributed by atoms with Crippen molar-refractivity contribution in [2.75, 3.05) is 45.5 Å². The van der Waals surface area contributed by atoms with E-state index in [2.05, 4.69) is 45.2 Å². The van der Waals surface area contributed by atoms with Crippen LogP contribution in [-0.2, 0) is 22.6 Å². The number of hydrogen-bond donors (Lipinski definition) is 2.